The van der Waals surface area contributed by atoms with Crippen LogP contribution in [0.2, 0.25) is 0 Å². The lowest BCUT2D eigenvalue weighted by Crippen LogP contribution is -2.57. The van der Waals surface area contributed by atoms with Gasteiger partial charge in [-0.2, -0.15) is 0 Å². The number of hydrogen-bond donors (Lipinski definition) is 3. The lowest BCUT2D eigenvalue weighted by atomic mass is 9.88. The lowest BCUT2D eigenvalue weighted by Gasteiger charge is -2.35. The van der Waals surface area contributed by atoms with Gasteiger partial charge in [-0.3, -0.25) is 4.79 Å². The lowest BCUT2D eigenvalue weighted by molar-refractivity contribution is -0.152. The van der Waals surface area contributed by atoms with E-state index in [0.717, 1.165) is 42.4 Å². The summed E-state index contributed by atoms with van der Waals surface area (Å²) < 4.78 is 10.7. The second-order valence-corrected chi connectivity index (χ2v) is 13.2. The van der Waals surface area contributed by atoms with Gasteiger partial charge in [0.15, 0.2) is 0 Å². The monoisotopic (exact) mass is 602 g/mol. The molecule has 0 radical (unpaired) electrons. The van der Waals surface area contributed by atoms with Crippen LogP contribution in [0.5, 0.6) is 0 Å². The quantitative estimate of drug-likeness (QED) is 0.327. The molecule has 10 nitrogen and oxygen atoms in total. The Morgan fingerprint density at radius 1 is 1.00 bits per heavy atom. The van der Waals surface area contributed by atoms with Crippen LogP contribution in [0.25, 0.3) is 0 Å². The van der Waals surface area contributed by atoms with Crippen LogP contribution in [0.3, 0.4) is 0 Å². The van der Waals surface area contributed by atoms with Crippen LogP contribution < -0.4 is 16.0 Å². The van der Waals surface area contributed by atoms with Crippen LogP contribution in [0.15, 0.2) is 48.5 Å². The SMILES string of the molecule is COC(=O)C1(N2C[C@@H](C(C)C)NC2=O)Cc2ccc(NC(=O)[C@@H](NC(=O)OCc3ccccc3)C(C3CC3)C3CC3)cc2C1. The van der Waals surface area contributed by atoms with Gasteiger partial charge in [-0.15, -0.1) is 0 Å². The molecule has 3 N–H and O–H groups in total. The van der Waals surface area contributed by atoms with E-state index in [1.165, 1.54) is 7.11 Å². The second kappa shape index (κ2) is 12.1. The number of urea groups is 1. The van der Waals surface area contributed by atoms with E-state index in [1.807, 2.05) is 62.4 Å². The zero-order valence-electron chi connectivity index (χ0n) is 25.6. The first kappa shape index (κ1) is 30.0. The zero-order valence-corrected chi connectivity index (χ0v) is 25.6. The summed E-state index contributed by atoms with van der Waals surface area (Å²) in [6.07, 6.45) is 4.25. The molecule has 0 spiro atoms. The van der Waals surface area contributed by atoms with Crippen molar-refractivity contribution in [3.8, 4) is 0 Å². The maximum Gasteiger partial charge on any atom is 0.408 e. The van der Waals surface area contributed by atoms with Gasteiger partial charge in [0, 0.05) is 25.1 Å². The molecular formula is C34H42N4O6. The average Bonchev–Trinajstić information content (AvgIpc) is 3.95. The number of esters is 1. The van der Waals surface area contributed by atoms with Crippen molar-refractivity contribution in [2.75, 3.05) is 19.0 Å². The first-order valence-corrected chi connectivity index (χ1v) is 15.7. The van der Waals surface area contributed by atoms with Gasteiger partial charge in [0.05, 0.1) is 13.2 Å². The predicted octanol–water partition coefficient (Wildman–Crippen LogP) is 4.42. The Balaban J connectivity index is 1.18. The summed E-state index contributed by atoms with van der Waals surface area (Å²) in [4.78, 5) is 54.7. The summed E-state index contributed by atoms with van der Waals surface area (Å²) in [5, 5.41) is 8.97. The number of ether oxygens (including phenoxy) is 2. The molecule has 0 aromatic heterocycles. The van der Waals surface area contributed by atoms with Gasteiger partial charge in [0.1, 0.15) is 18.2 Å². The highest BCUT2D eigenvalue weighted by Crippen LogP contribution is 2.51. The van der Waals surface area contributed by atoms with Crippen molar-refractivity contribution in [1.82, 2.24) is 15.5 Å². The third-order valence-corrected chi connectivity index (χ3v) is 9.75. The van der Waals surface area contributed by atoms with Gasteiger partial charge in [0.2, 0.25) is 5.91 Å². The molecule has 10 heteroatoms. The number of rotatable bonds is 11. The molecule has 234 valence electrons. The number of benzene rings is 2. The molecule has 4 amide bonds. The maximum absolute atomic E-state index is 13.8. The Bertz CT molecular complexity index is 1410. The molecule has 4 aliphatic rings. The van der Waals surface area contributed by atoms with Crippen LogP contribution in [-0.2, 0) is 38.5 Å². The van der Waals surface area contributed by atoms with Gasteiger partial charge < -0.3 is 30.3 Å². The Labute approximate surface area is 258 Å². The molecule has 1 heterocycles. The van der Waals surface area contributed by atoms with Gasteiger partial charge in [0.25, 0.3) is 0 Å². The number of nitrogens with zero attached hydrogens (tertiary/aromatic N) is 1. The average molecular weight is 603 g/mol. The number of anilines is 1. The van der Waals surface area contributed by atoms with E-state index in [4.69, 9.17) is 9.47 Å². The number of amides is 4. The van der Waals surface area contributed by atoms with Crippen molar-refractivity contribution in [3.63, 3.8) is 0 Å². The third-order valence-electron chi connectivity index (χ3n) is 9.75. The number of carbonyl (C=O) groups is 4. The summed E-state index contributed by atoms with van der Waals surface area (Å²) in [7, 11) is 1.35. The van der Waals surface area contributed by atoms with Gasteiger partial charge in [-0.05, 0) is 78.2 Å². The molecule has 1 saturated heterocycles. The van der Waals surface area contributed by atoms with Crippen molar-refractivity contribution in [3.05, 3.63) is 65.2 Å². The molecule has 3 fully saturated rings. The topological polar surface area (TPSA) is 126 Å². The minimum Gasteiger partial charge on any atom is -0.467 e. The van der Waals surface area contributed by atoms with Crippen LogP contribution in [0.4, 0.5) is 15.3 Å². The van der Waals surface area contributed by atoms with E-state index in [2.05, 4.69) is 16.0 Å². The molecule has 3 aliphatic carbocycles. The van der Waals surface area contributed by atoms with Gasteiger partial charge >= 0.3 is 18.1 Å². The first-order valence-electron chi connectivity index (χ1n) is 15.7. The highest BCUT2D eigenvalue weighted by molar-refractivity contribution is 5.97. The van der Waals surface area contributed by atoms with E-state index < -0.39 is 23.6 Å². The molecule has 2 saturated carbocycles. The summed E-state index contributed by atoms with van der Waals surface area (Å²) in [5.41, 5.74) is 2.11. The highest BCUT2D eigenvalue weighted by Gasteiger charge is 2.54. The van der Waals surface area contributed by atoms with Crippen molar-refractivity contribution in [1.29, 1.82) is 0 Å². The van der Waals surface area contributed by atoms with Crippen LogP contribution in [-0.4, -0.2) is 60.2 Å². The second-order valence-electron chi connectivity index (χ2n) is 13.2. The fraction of sp³-hybridized carbons (Fsp3) is 0.529. The fourth-order valence-corrected chi connectivity index (χ4v) is 7.02. The zero-order chi connectivity index (χ0) is 31.0. The Morgan fingerprint density at radius 2 is 1.68 bits per heavy atom. The Kier molecular flexibility index (Phi) is 8.26. The molecule has 6 rings (SSSR count). The molecule has 2 aromatic rings. The summed E-state index contributed by atoms with van der Waals surface area (Å²) >= 11 is 0. The highest BCUT2D eigenvalue weighted by atomic mass is 16.5. The van der Waals surface area contributed by atoms with E-state index in [1.54, 1.807) is 4.90 Å². The largest absolute Gasteiger partial charge is 0.467 e. The number of alkyl carbamates (subject to hydrolysis) is 1. The Morgan fingerprint density at radius 3 is 2.30 bits per heavy atom. The third kappa shape index (κ3) is 6.12. The van der Waals surface area contributed by atoms with Crippen molar-refractivity contribution in [2.24, 2.45) is 23.7 Å². The number of methoxy groups -OCH3 is 1. The molecule has 0 bridgehead atoms. The molecule has 1 unspecified atom stereocenters. The number of carbonyl (C=O) groups excluding carboxylic acids is 4. The fourth-order valence-electron chi connectivity index (χ4n) is 7.02. The Hall–Kier alpha value is -4.08. The number of fused-ring (bicyclic) bond motifs is 1. The van der Waals surface area contributed by atoms with Crippen molar-refractivity contribution in [2.45, 2.75) is 76.6 Å². The molecular weight excluding hydrogens is 560 g/mol. The molecule has 1 aliphatic heterocycles. The van der Waals surface area contributed by atoms with Gasteiger partial charge in [-0.25, -0.2) is 14.4 Å². The van der Waals surface area contributed by atoms with Crippen molar-refractivity contribution < 1.29 is 28.7 Å². The smallest absolute Gasteiger partial charge is 0.408 e. The molecule has 3 atom stereocenters. The van der Waals surface area contributed by atoms with E-state index in [0.29, 0.717) is 30.5 Å². The number of hydrogen-bond acceptors (Lipinski definition) is 6. The normalized spacial score (nSPS) is 23.2. The van der Waals surface area contributed by atoms with E-state index in [-0.39, 0.29) is 42.8 Å². The predicted molar refractivity (Wildman–Crippen MR) is 164 cm³/mol. The number of nitrogens with one attached hydrogen (secondary N) is 3. The van der Waals surface area contributed by atoms with Crippen LogP contribution in [0, 0.1) is 23.7 Å². The molecule has 2 aromatic carbocycles. The summed E-state index contributed by atoms with van der Waals surface area (Å²) in [6.45, 7) is 4.62. The van der Waals surface area contributed by atoms with Crippen molar-refractivity contribution >= 4 is 29.7 Å². The standard InChI is InChI=1S/C34H42N4O6/c1-20(2)27-18-38(32(41)36-27)34(31(40)43-3)16-24-13-14-26(15-25(24)17-34)35-30(39)29(28(22-9-10-22)23-11-12-23)37-33(42)44-19-21-7-5-4-6-8-21/h4-8,13-15,20,22-23,27-29H,9-12,16-19H2,1-3H3,(H,35,39)(H,36,41)(H,37,42)/t27-,29-,34?/m0/s1. The van der Waals surface area contributed by atoms with Crippen LogP contribution in [0.1, 0.15) is 56.2 Å². The minimum atomic E-state index is -1.15. The summed E-state index contributed by atoms with van der Waals surface area (Å²) in [5.74, 6) is 0.374. The summed E-state index contributed by atoms with van der Waals surface area (Å²) in [6, 6.07) is 14.0. The van der Waals surface area contributed by atoms with E-state index >= 15 is 0 Å². The molecule has 44 heavy (non-hydrogen) atoms. The minimum absolute atomic E-state index is 0.0581. The first-order chi connectivity index (χ1) is 21.2. The van der Waals surface area contributed by atoms with Crippen LogP contribution >= 0.6 is 0 Å². The van der Waals surface area contributed by atoms with Gasteiger partial charge in [-0.1, -0.05) is 50.2 Å². The maximum atomic E-state index is 13.8. The van der Waals surface area contributed by atoms with E-state index in [9.17, 15) is 19.2 Å².